The van der Waals surface area contributed by atoms with Gasteiger partial charge >= 0.3 is 19.8 Å². The summed E-state index contributed by atoms with van der Waals surface area (Å²) in [6.07, 6.45) is 38.2. The average Bonchev–Trinajstić information content (AvgIpc) is 3.12. The predicted octanol–water partition coefficient (Wildman–Crippen LogP) is 12.6. The van der Waals surface area contributed by atoms with Crippen LogP contribution in [0.25, 0.3) is 0 Å². The third kappa shape index (κ3) is 40.4. The standard InChI is InChI=1S/C44H86NO8P/c1-6-8-10-12-14-16-18-20-22-24-26-28-30-32-34-36-43(46)50-40-42(41-52-54(48,49)51-39-38-45(3,4)5)53-44(47)37-35-33-31-29-27-25-23-21-19-17-15-13-11-9-7-2/h20,22,42H,6-19,21,23-41H2,1-5H3/p+1/b22-20+. The van der Waals surface area contributed by atoms with Gasteiger partial charge in [0.05, 0.1) is 27.7 Å². The number of carbonyl (C=O) groups excluding carboxylic acids is 2. The van der Waals surface area contributed by atoms with E-state index in [1.807, 2.05) is 21.1 Å². The van der Waals surface area contributed by atoms with Crippen LogP contribution in [-0.2, 0) is 32.7 Å². The molecule has 0 spiro atoms. The van der Waals surface area contributed by atoms with Crippen molar-refractivity contribution in [2.24, 2.45) is 0 Å². The molecule has 9 nitrogen and oxygen atoms in total. The molecule has 0 amide bonds. The van der Waals surface area contributed by atoms with Gasteiger partial charge in [-0.1, -0.05) is 167 Å². The summed E-state index contributed by atoms with van der Waals surface area (Å²) in [7, 11) is 1.48. The molecule has 0 aromatic heterocycles. The van der Waals surface area contributed by atoms with Gasteiger partial charge in [0.15, 0.2) is 6.10 Å². The summed E-state index contributed by atoms with van der Waals surface area (Å²) in [6.45, 7) is 4.43. The minimum atomic E-state index is -4.37. The lowest BCUT2D eigenvalue weighted by Crippen LogP contribution is -2.37. The van der Waals surface area contributed by atoms with Crippen LogP contribution >= 0.6 is 7.82 Å². The maximum atomic E-state index is 12.7. The van der Waals surface area contributed by atoms with Crippen LogP contribution < -0.4 is 0 Å². The molecule has 0 aliphatic carbocycles. The number of esters is 2. The number of likely N-dealkylation sites (N-methyl/N-ethyl adjacent to an activating group) is 1. The summed E-state index contributed by atoms with van der Waals surface area (Å²) in [5.41, 5.74) is 0. The smallest absolute Gasteiger partial charge is 0.462 e. The molecular formula is C44H87NO8P+. The van der Waals surface area contributed by atoms with Gasteiger partial charge in [0.2, 0.25) is 0 Å². The Morgan fingerprint density at radius 3 is 1.37 bits per heavy atom. The van der Waals surface area contributed by atoms with E-state index in [-0.39, 0.29) is 32.0 Å². The van der Waals surface area contributed by atoms with Crippen molar-refractivity contribution >= 4 is 19.8 Å². The molecule has 0 heterocycles. The second-order valence-corrected chi connectivity index (χ2v) is 17.9. The lowest BCUT2D eigenvalue weighted by molar-refractivity contribution is -0.870. The Balaban J connectivity index is 4.34. The van der Waals surface area contributed by atoms with E-state index in [4.69, 9.17) is 18.5 Å². The fraction of sp³-hybridized carbons (Fsp3) is 0.909. The maximum absolute atomic E-state index is 12.7. The van der Waals surface area contributed by atoms with Crippen LogP contribution in [0.15, 0.2) is 12.2 Å². The molecule has 0 aliphatic heterocycles. The Kier molecular flexibility index (Phi) is 36.5. The van der Waals surface area contributed by atoms with Crippen LogP contribution in [0.2, 0.25) is 0 Å². The highest BCUT2D eigenvalue weighted by Crippen LogP contribution is 2.43. The second kappa shape index (κ2) is 37.3. The number of allylic oxidation sites excluding steroid dienone is 2. The number of hydrogen-bond acceptors (Lipinski definition) is 7. The van der Waals surface area contributed by atoms with Crippen LogP contribution in [0.1, 0.15) is 206 Å². The largest absolute Gasteiger partial charge is 0.472 e. The topological polar surface area (TPSA) is 108 Å². The normalized spacial score (nSPS) is 13.7. The highest BCUT2D eigenvalue weighted by molar-refractivity contribution is 7.47. The molecule has 10 heteroatoms. The van der Waals surface area contributed by atoms with Crippen molar-refractivity contribution < 1.29 is 42.1 Å². The van der Waals surface area contributed by atoms with Crippen LogP contribution in [0.3, 0.4) is 0 Å². The Hall–Kier alpha value is -1.25. The van der Waals surface area contributed by atoms with Crippen LogP contribution in [0.4, 0.5) is 0 Å². The van der Waals surface area contributed by atoms with Gasteiger partial charge in [-0.2, -0.15) is 0 Å². The molecule has 54 heavy (non-hydrogen) atoms. The number of unbranched alkanes of at least 4 members (excludes halogenated alkanes) is 25. The van der Waals surface area contributed by atoms with Crippen LogP contribution in [-0.4, -0.2) is 74.9 Å². The zero-order valence-corrected chi connectivity index (χ0v) is 36.9. The van der Waals surface area contributed by atoms with Crippen LogP contribution in [0, 0.1) is 0 Å². The van der Waals surface area contributed by atoms with Crippen LogP contribution in [0.5, 0.6) is 0 Å². The van der Waals surface area contributed by atoms with E-state index in [2.05, 4.69) is 26.0 Å². The first-order valence-corrected chi connectivity index (χ1v) is 23.9. The summed E-state index contributed by atoms with van der Waals surface area (Å²) < 4.78 is 34.3. The van der Waals surface area contributed by atoms with Gasteiger partial charge in [0, 0.05) is 12.8 Å². The molecule has 0 aromatic carbocycles. The number of phosphoric acid groups is 1. The van der Waals surface area contributed by atoms with E-state index < -0.39 is 26.5 Å². The molecule has 0 fully saturated rings. The summed E-state index contributed by atoms with van der Waals surface area (Å²) in [6, 6.07) is 0. The third-order valence-corrected chi connectivity index (χ3v) is 10.8. The molecule has 0 saturated heterocycles. The highest BCUT2D eigenvalue weighted by atomic mass is 31.2. The fourth-order valence-corrected chi connectivity index (χ4v) is 6.99. The molecule has 320 valence electrons. The quantitative estimate of drug-likeness (QED) is 0.0214. The maximum Gasteiger partial charge on any atom is 0.472 e. The molecule has 0 radical (unpaired) electrons. The monoisotopic (exact) mass is 789 g/mol. The summed E-state index contributed by atoms with van der Waals surface area (Å²) >= 11 is 0. The van der Waals surface area contributed by atoms with E-state index in [1.54, 1.807) is 0 Å². The number of nitrogens with zero attached hydrogens (tertiary/aromatic N) is 1. The van der Waals surface area contributed by atoms with E-state index in [9.17, 15) is 19.0 Å². The molecular weight excluding hydrogens is 701 g/mol. The number of quaternary nitrogens is 1. The zero-order valence-electron chi connectivity index (χ0n) is 36.0. The number of ether oxygens (including phenoxy) is 2. The summed E-state index contributed by atoms with van der Waals surface area (Å²) in [5, 5.41) is 0. The number of hydrogen-bond donors (Lipinski definition) is 1. The van der Waals surface area contributed by atoms with Crippen molar-refractivity contribution in [3.63, 3.8) is 0 Å². The SMILES string of the molecule is CCCCCCCC/C=C/CCCCCCCC(=O)OCC(COP(=O)(O)OCC[N+](C)(C)C)OC(=O)CCCCCCCCCCCCCCCCC. The van der Waals surface area contributed by atoms with E-state index in [0.29, 0.717) is 17.4 Å². The molecule has 1 N–H and O–H groups in total. The molecule has 0 aliphatic rings. The number of carbonyl (C=O) groups is 2. The van der Waals surface area contributed by atoms with Crippen molar-refractivity contribution in [3.05, 3.63) is 12.2 Å². The average molecular weight is 789 g/mol. The van der Waals surface area contributed by atoms with Gasteiger partial charge in [0.25, 0.3) is 0 Å². The Morgan fingerprint density at radius 2 is 0.944 bits per heavy atom. The van der Waals surface area contributed by atoms with Crippen molar-refractivity contribution in [1.82, 2.24) is 0 Å². The first-order valence-electron chi connectivity index (χ1n) is 22.4. The van der Waals surface area contributed by atoms with Gasteiger partial charge in [-0.3, -0.25) is 18.6 Å². The lowest BCUT2D eigenvalue weighted by atomic mass is 10.0. The third-order valence-electron chi connectivity index (χ3n) is 9.80. The lowest BCUT2D eigenvalue weighted by Gasteiger charge is -2.24. The number of phosphoric ester groups is 1. The summed E-state index contributed by atoms with van der Waals surface area (Å²) in [5.74, 6) is -0.798. The number of rotatable bonds is 41. The minimum Gasteiger partial charge on any atom is -0.462 e. The van der Waals surface area contributed by atoms with Crippen molar-refractivity contribution in [1.29, 1.82) is 0 Å². The predicted molar refractivity (Wildman–Crippen MR) is 224 cm³/mol. The fourth-order valence-electron chi connectivity index (χ4n) is 6.24. The van der Waals surface area contributed by atoms with E-state index in [1.165, 1.54) is 122 Å². The molecule has 2 unspecified atom stereocenters. The van der Waals surface area contributed by atoms with Gasteiger partial charge in [-0.15, -0.1) is 0 Å². The van der Waals surface area contributed by atoms with Crippen molar-refractivity contribution in [3.8, 4) is 0 Å². The van der Waals surface area contributed by atoms with E-state index in [0.717, 1.165) is 51.4 Å². The van der Waals surface area contributed by atoms with Gasteiger partial charge in [-0.05, 0) is 38.5 Å². The van der Waals surface area contributed by atoms with Crippen molar-refractivity contribution in [2.75, 3.05) is 47.5 Å². The van der Waals surface area contributed by atoms with Crippen molar-refractivity contribution in [2.45, 2.75) is 213 Å². The second-order valence-electron chi connectivity index (χ2n) is 16.4. The van der Waals surface area contributed by atoms with Gasteiger partial charge in [-0.25, -0.2) is 4.57 Å². The Morgan fingerprint density at radius 1 is 0.556 bits per heavy atom. The zero-order chi connectivity index (χ0) is 40.0. The summed E-state index contributed by atoms with van der Waals surface area (Å²) in [4.78, 5) is 35.3. The molecule has 0 aromatic rings. The molecule has 0 bridgehead atoms. The Labute approximate surface area is 333 Å². The minimum absolute atomic E-state index is 0.0336. The van der Waals surface area contributed by atoms with Gasteiger partial charge < -0.3 is 18.9 Å². The molecule has 2 atom stereocenters. The molecule has 0 saturated carbocycles. The Bertz CT molecular complexity index is 938. The van der Waals surface area contributed by atoms with Gasteiger partial charge in [0.1, 0.15) is 19.8 Å². The first kappa shape index (κ1) is 52.8. The highest BCUT2D eigenvalue weighted by Gasteiger charge is 2.27. The first-order chi connectivity index (χ1) is 26.0. The molecule has 0 rings (SSSR count). The van der Waals surface area contributed by atoms with E-state index >= 15 is 0 Å².